The van der Waals surface area contributed by atoms with Crippen LogP contribution < -0.4 is 4.90 Å². The normalized spacial score (nSPS) is 17.3. The zero-order valence-corrected chi connectivity index (χ0v) is 14.1. The Hall–Kier alpha value is -2.66. The van der Waals surface area contributed by atoms with Crippen molar-refractivity contribution in [3.8, 4) is 0 Å². The summed E-state index contributed by atoms with van der Waals surface area (Å²) in [6.45, 7) is 1.66. The molecule has 0 aliphatic carbocycles. The molecule has 1 unspecified atom stereocenters. The largest absolute Gasteiger partial charge is 0.503 e. The molecule has 1 atom stereocenters. The number of Topliss-reactive ketones (excluding diaryl/α,β-unsaturated/α-hetero) is 1. The average Bonchev–Trinajstić information content (AvgIpc) is 2.89. The minimum absolute atomic E-state index is 0.0409. The molecule has 4 nitrogen and oxygen atoms in total. The van der Waals surface area contributed by atoms with Gasteiger partial charge in [-0.2, -0.15) is 0 Å². The van der Waals surface area contributed by atoms with E-state index in [0.717, 1.165) is 6.07 Å². The molecule has 0 aromatic heterocycles. The van der Waals surface area contributed by atoms with Gasteiger partial charge in [-0.05, 0) is 23.8 Å². The summed E-state index contributed by atoms with van der Waals surface area (Å²) in [6, 6.07) is 11.9. The summed E-state index contributed by atoms with van der Waals surface area (Å²) in [7, 11) is 0. The van der Waals surface area contributed by atoms with Gasteiger partial charge >= 0.3 is 0 Å². The first-order chi connectivity index (χ1) is 12.0. The van der Waals surface area contributed by atoms with Crippen molar-refractivity contribution >= 4 is 29.0 Å². The van der Waals surface area contributed by atoms with E-state index in [4.69, 9.17) is 11.6 Å². The Balaban J connectivity index is 2.18. The highest BCUT2D eigenvalue weighted by Crippen LogP contribution is 2.41. The molecule has 1 aliphatic heterocycles. The van der Waals surface area contributed by atoms with E-state index in [9.17, 15) is 19.1 Å². The number of hydrogen-bond acceptors (Lipinski definition) is 3. The standard InChI is InChI=1S/C19H15ClFNO3/c1-2-15(23)16-17(11-6-4-3-5-7-11)22(19(25)18(16)24)12-8-9-14(21)13(20)10-12/h3-10,17,24H,2H2,1H3. The molecule has 3 rings (SSSR count). The van der Waals surface area contributed by atoms with Crippen LogP contribution in [0.5, 0.6) is 0 Å². The highest BCUT2D eigenvalue weighted by atomic mass is 35.5. The van der Waals surface area contributed by atoms with E-state index >= 15 is 0 Å². The number of aliphatic hydroxyl groups excluding tert-OH is 1. The van der Waals surface area contributed by atoms with Crippen molar-refractivity contribution in [2.75, 3.05) is 4.90 Å². The van der Waals surface area contributed by atoms with Crippen LogP contribution in [0.3, 0.4) is 0 Å². The van der Waals surface area contributed by atoms with Crippen molar-refractivity contribution < 1.29 is 19.1 Å². The molecule has 1 N–H and O–H groups in total. The first-order valence-electron chi connectivity index (χ1n) is 7.75. The van der Waals surface area contributed by atoms with Gasteiger partial charge in [0.05, 0.1) is 16.6 Å². The van der Waals surface area contributed by atoms with Crippen LogP contribution in [0.4, 0.5) is 10.1 Å². The van der Waals surface area contributed by atoms with Gasteiger partial charge in [-0.25, -0.2) is 4.39 Å². The molecule has 128 valence electrons. The van der Waals surface area contributed by atoms with E-state index in [0.29, 0.717) is 11.3 Å². The summed E-state index contributed by atoms with van der Waals surface area (Å²) >= 11 is 5.84. The molecule has 1 heterocycles. The molecule has 2 aromatic carbocycles. The number of rotatable bonds is 4. The molecular weight excluding hydrogens is 345 g/mol. The number of ketones is 1. The topological polar surface area (TPSA) is 57.6 Å². The van der Waals surface area contributed by atoms with Crippen LogP contribution in [-0.2, 0) is 9.59 Å². The monoisotopic (exact) mass is 359 g/mol. The van der Waals surface area contributed by atoms with Crippen molar-refractivity contribution in [1.82, 2.24) is 0 Å². The third kappa shape index (κ3) is 2.91. The van der Waals surface area contributed by atoms with Gasteiger partial charge in [-0.1, -0.05) is 48.9 Å². The van der Waals surface area contributed by atoms with E-state index in [2.05, 4.69) is 0 Å². The molecule has 0 saturated heterocycles. The van der Waals surface area contributed by atoms with Crippen molar-refractivity contribution in [1.29, 1.82) is 0 Å². The molecule has 2 aromatic rings. The van der Waals surface area contributed by atoms with Gasteiger partial charge < -0.3 is 5.11 Å². The maximum atomic E-state index is 13.5. The van der Waals surface area contributed by atoms with Crippen LogP contribution in [0.2, 0.25) is 5.02 Å². The quantitative estimate of drug-likeness (QED) is 0.882. The average molecular weight is 360 g/mol. The maximum Gasteiger partial charge on any atom is 0.294 e. The minimum Gasteiger partial charge on any atom is -0.503 e. The lowest BCUT2D eigenvalue weighted by molar-refractivity contribution is -0.118. The Labute approximate surface area is 149 Å². The molecule has 0 fully saturated rings. The van der Waals surface area contributed by atoms with Crippen molar-refractivity contribution in [3.05, 3.63) is 76.3 Å². The Kier molecular flexibility index (Phi) is 4.59. The second-order valence-corrected chi connectivity index (χ2v) is 6.03. The van der Waals surface area contributed by atoms with Crippen LogP contribution >= 0.6 is 11.6 Å². The molecular formula is C19H15ClFNO3. The molecule has 0 radical (unpaired) electrons. The molecule has 1 aliphatic rings. The second kappa shape index (κ2) is 6.69. The third-order valence-corrected chi connectivity index (χ3v) is 4.42. The number of carbonyl (C=O) groups excluding carboxylic acids is 2. The van der Waals surface area contributed by atoms with E-state index in [1.165, 1.54) is 17.0 Å². The highest BCUT2D eigenvalue weighted by molar-refractivity contribution is 6.31. The van der Waals surface area contributed by atoms with Crippen LogP contribution in [0.25, 0.3) is 0 Å². The van der Waals surface area contributed by atoms with Crippen molar-refractivity contribution in [3.63, 3.8) is 0 Å². The molecule has 1 amide bonds. The summed E-state index contributed by atoms with van der Waals surface area (Å²) in [5.74, 6) is -2.24. The van der Waals surface area contributed by atoms with Crippen molar-refractivity contribution in [2.24, 2.45) is 0 Å². The highest BCUT2D eigenvalue weighted by Gasteiger charge is 2.43. The van der Waals surface area contributed by atoms with Gasteiger partial charge in [0.1, 0.15) is 5.82 Å². The summed E-state index contributed by atoms with van der Waals surface area (Å²) in [5, 5.41) is 10.2. The number of halogens is 2. The predicted molar refractivity (Wildman–Crippen MR) is 93.0 cm³/mol. The predicted octanol–water partition coefficient (Wildman–Crippen LogP) is 4.36. The smallest absolute Gasteiger partial charge is 0.294 e. The zero-order chi connectivity index (χ0) is 18.1. The summed E-state index contributed by atoms with van der Waals surface area (Å²) in [5.41, 5.74) is 1.01. The van der Waals surface area contributed by atoms with Crippen LogP contribution in [0.1, 0.15) is 24.9 Å². The zero-order valence-electron chi connectivity index (χ0n) is 13.4. The van der Waals surface area contributed by atoms with Crippen LogP contribution in [-0.4, -0.2) is 16.8 Å². The summed E-state index contributed by atoms with van der Waals surface area (Å²) in [6.07, 6.45) is 0.147. The fourth-order valence-electron chi connectivity index (χ4n) is 2.93. The third-order valence-electron chi connectivity index (χ3n) is 4.13. The Bertz CT molecular complexity index is 879. The second-order valence-electron chi connectivity index (χ2n) is 5.63. The van der Waals surface area contributed by atoms with E-state index in [-0.39, 0.29) is 22.8 Å². The number of anilines is 1. The molecule has 6 heteroatoms. The fourth-order valence-corrected chi connectivity index (χ4v) is 3.11. The molecule has 25 heavy (non-hydrogen) atoms. The number of benzene rings is 2. The maximum absolute atomic E-state index is 13.5. The fraction of sp³-hybridized carbons (Fsp3) is 0.158. The number of amides is 1. The van der Waals surface area contributed by atoms with Gasteiger partial charge in [0.25, 0.3) is 5.91 Å². The van der Waals surface area contributed by atoms with Crippen LogP contribution in [0, 0.1) is 5.82 Å². The first-order valence-corrected chi connectivity index (χ1v) is 8.13. The van der Waals surface area contributed by atoms with Gasteiger partial charge in [0, 0.05) is 12.1 Å². The lowest BCUT2D eigenvalue weighted by Crippen LogP contribution is -2.31. The van der Waals surface area contributed by atoms with Gasteiger partial charge in [-0.3, -0.25) is 14.5 Å². The number of nitrogens with zero attached hydrogens (tertiary/aromatic N) is 1. The Morgan fingerprint density at radius 3 is 2.52 bits per heavy atom. The number of carbonyl (C=O) groups is 2. The summed E-state index contributed by atoms with van der Waals surface area (Å²) in [4.78, 5) is 26.3. The Morgan fingerprint density at radius 1 is 1.24 bits per heavy atom. The SMILES string of the molecule is CCC(=O)C1=C(O)C(=O)N(c2ccc(F)c(Cl)c2)C1c1ccccc1. The molecule has 0 saturated carbocycles. The van der Waals surface area contributed by atoms with E-state index in [1.807, 2.05) is 6.07 Å². The minimum atomic E-state index is -0.789. The van der Waals surface area contributed by atoms with Gasteiger partial charge in [-0.15, -0.1) is 0 Å². The number of aliphatic hydroxyl groups is 1. The Morgan fingerprint density at radius 2 is 1.92 bits per heavy atom. The van der Waals surface area contributed by atoms with E-state index < -0.39 is 23.5 Å². The lowest BCUT2D eigenvalue weighted by Gasteiger charge is -2.27. The van der Waals surface area contributed by atoms with Crippen LogP contribution in [0.15, 0.2) is 59.9 Å². The van der Waals surface area contributed by atoms with E-state index in [1.54, 1.807) is 31.2 Å². The molecule has 0 spiro atoms. The lowest BCUT2D eigenvalue weighted by atomic mass is 9.95. The van der Waals surface area contributed by atoms with Gasteiger partial charge in [0.2, 0.25) is 0 Å². The van der Waals surface area contributed by atoms with Crippen molar-refractivity contribution in [2.45, 2.75) is 19.4 Å². The van der Waals surface area contributed by atoms with Gasteiger partial charge in [0.15, 0.2) is 11.5 Å². The first kappa shape index (κ1) is 17.2. The summed E-state index contributed by atoms with van der Waals surface area (Å²) < 4.78 is 13.5. The molecule has 0 bridgehead atoms. The number of hydrogen-bond donors (Lipinski definition) is 1.